The maximum atomic E-state index is 13.9. The molecule has 0 radical (unpaired) electrons. The number of hydrogen-bond acceptors (Lipinski definition) is 5. The molecule has 0 aliphatic rings. The van der Waals surface area contributed by atoms with Crippen LogP contribution in [0.15, 0.2) is 42.5 Å². The molecule has 0 aromatic heterocycles. The highest BCUT2D eigenvalue weighted by Gasteiger charge is 2.36. The number of amides is 3. The van der Waals surface area contributed by atoms with E-state index in [1.165, 1.54) is 12.1 Å². The van der Waals surface area contributed by atoms with Gasteiger partial charge in [0.05, 0.1) is 0 Å². The van der Waals surface area contributed by atoms with Gasteiger partial charge in [0, 0.05) is 18.5 Å². The summed E-state index contributed by atoms with van der Waals surface area (Å²) in [5, 5.41) is 15.1. The van der Waals surface area contributed by atoms with Crippen LogP contribution in [0.25, 0.3) is 0 Å². The topological polar surface area (TPSA) is 108 Å². The molecule has 198 valence electrons. The third-order valence-corrected chi connectivity index (χ3v) is 5.53. The number of rotatable bonds is 8. The Bertz CT molecular complexity index is 1160. The number of nitrogens with zero attached hydrogens (tertiary/aromatic N) is 1. The van der Waals surface area contributed by atoms with Crippen molar-refractivity contribution in [2.75, 3.05) is 0 Å². The third kappa shape index (κ3) is 8.57. The lowest BCUT2D eigenvalue weighted by Gasteiger charge is -2.31. The number of benzene rings is 2. The fraction of sp³-hybridized carbons (Fsp3) is 0.414. The lowest BCUT2D eigenvalue weighted by molar-refractivity contribution is -0.138. The van der Waals surface area contributed by atoms with E-state index in [0.29, 0.717) is 11.1 Å². The highest BCUT2D eigenvalue weighted by Crippen LogP contribution is 2.25. The van der Waals surface area contributed by atoms with Gasteiger partial charge in [-0.1, -0.05) is 36.8 Å². The van der Waals surface area contributed by atoms with Crippen LogP contribution in [0.3, 0.4) is 0 Å². The third-order valence-electron chi connectivity index (χ3n) is 5.53. The number of terminal acetylenes is 1. The predicted octanol–water partition coefficient (Wildman–Crippen LogP) is 4.13. The molecule has 0 aliphatic heterocycles. The Balaban J connectivity index is 2.51. The number of nitrogens with one attached hydrogen (secondary N) is 2. The van der Waals surface area contributed by atoms with Crippen LogP contribution in [0.2, 0.25) is 0 Å². The fourth-order valence-corrected chi connectivity index (χ4v) is 3.67. The minimum Gasteiger partial charge on any atom is -0.508 e. The second-order valence-electron chi connectivity index (χ2n) is 10.3. The van der Waals surface area contributed by atoms with Crippen molar-refractivity contribution < 1.29 is 24.2 Å². The Morgan fingerprint density at radius 1 is 1.03 bits per heavy atom. The first-order chi connectivity index (χ1) is 17.2. The van der Waals surface area contributed by atoms with Gasteiger partial charge < -0.3 is 20.5 Å². The van der Waals surface area contributed by atoms with Crippen molar-refractivity contribution in [3.8, 4) is 18.2 Å². The predicted molar refractivity (Wildman–Crippen MR) is 143 cm³/mol. The van der Waals surface area contributed by atoms with Crippen molar-refractivity contribution >= 4 is 17.9 Å². The molecular weight excluding hydrogens is 470 g/mol. The van der Waals surface area contributed by atoms with Crippen LogP contribution in [0.1, 0.15) is 62.9 Å². The van der Waals surface area contributed by atoms with E-state index in [1.807, 2.05) is 39.8 Å². The molecule has 0 fully saturated rings. The minimum absolute atomic E-state index is 0.0575. The quantitative estimate of drug-likeness (QED) is 0.368. The largest absolute Gasteiger partial charge is 0.508 e. The second kappa shape index (κ2) is 12.3. The average Bonchev–Trinajstić information content (AvgIpc) is 2.78. The van der Waals surface area contributed by atoms with E-state index >= 15 is 0 Å². The highest BCUT2D eigenvalue weighted by atomic mass is 16.6. The van der Waals surface area contributed by atoms with Gasteiger partial charge in [0.1, 0.15) is 23.4 Å². The molecule has 0 heterocycles. The average molecular weight is 508 g/mol. The van der Waals surface area contributed by atoms with Gasteiger partial charge in [-0.15, -0.1) is 0 Å². The first-order valence-electron chi connectivity index (χ1n) is 12.2. The maximum absolute atomic E-state index is 13.9. The number of carbonyl (C=O) groups excluding carboxylic acids is 3. The number of hydrogen-bond donors (Lipinski definition) is 3. The monoisotopic (exact) mass is 507 g/mol. The summed E-state index contributed by atoms with van der Waals surface area (Å²) >= 11 is 0. The van der Waals surface area contributed by atoms with Crippen molar-refractivity contribution in [2.24, 2.45) is 0 Å². The molecule has 0 spiro atoms. The lowest BCUT2D eigenvalue weighted by Crippen LogP contribution is -2.52. The van der Waals surface area contributed by atoms with Gasteiger partial charge in [0.25, 0.3) is 5.91 Å². The summed E-state index contributed by atoms with van der Waals surface area (Å²) in [6.07, 6.45) is 5.09. The molecule has 8 heteroatoms. The van der Waals surface area contributed by atoms with Crippen LogP contribution < -0.4 is 10.6 Å². The van der Waals surface area contributed by atoms with Gasteiger partial charge >= 0.3 is 6.09 Å². The second-order valence-corrected chi connectivity index (χ2v) is 10.3. The van der Waals surface area contributed by atoms with Crippen LogP contribution in [0, 0.1) is 26.3 Å². The molecular formula is C29H37N3O5. The fourth-order valence-electron chi connectivity index (χ4n) is 3.67. The van der Waals surface area contributed by atoms with Crippen molar-refractivity contribution in [1.29, 1.82) is 0 Å². The molecule has 2 unspecified atom stereocenters. The summed E-state index contributed by atoms with van der Waals surface area (Å²) < 4.78 is 5.37. The number of ether oxygens (including phenoxy) is 1. The Hall–Kier alpha value is -3.99. The van der Waals surface area contributed by atoms with Gasteiger partial charge in [-0.05, 0) is 82.9 Å². The molecule has 2 aromatic carbocycles. The van der Waals surface area contributed by atoms with Crippen LogP contribution in [0.4, 0.5) is 4.79 Å². The van der Waals surface area contributed by atoms with Crippen molar-refractivity contribution in [1.82, 2.24) is 15.5 Å². The lowest BCUT2D eigenvalue weighted by atomic mass is 9.97. The van der Waals surface area contributed by atoms with Crippen LogP contribution in [-0.4, -0.2) is 45.6 Å². The number of alkyl carbamates (subject to hydrolysis) is 1. The Morgan fingerprint density at radius 3 is 2.16 bits per heavy atom. The number of phenolic OH excluding ortho intramolecular Hbond substituents is 1. The number of aryl methyl sites for hydroxylation is 2. The summed E-state index contributed by atoms with van der Waals surface area (Å²) in [4.78, 5) is 40.9. The molecule has 2 atom stereocenters. The van der Waals surface area contributed by atoms with E-state index in [2.05, 4.69) is 16.7 Å². The van der Waals surface area contributed by atoms with E-state index < -0.39 is 35.6 Å². The van der Waals surface area contributed by atoms with Crippen molar-refractivity contribution in [3.05, 3.63) is 64.7 Å². The van der Waals surface area contributed by atoms with Crippen LogP contribution in [0.5, 0.6) is 5.75 Å². The van der Waals surface area contributed by atoms with E-state index in [4.69, 9.17) is 11.2 Å². The molecule has 8 nitrogen and oxygen atoms in total. The summed E-state index contributed by atoms with van der Waals surface area (Å²) in [7, 11) is 0. The Morgan fingerprint density at radius 2 is 1.65 bits per heavy atom. The zero-order valence-corrected chi connectivity index (χ0v) is 22.6. The van der Waals surface area contributed by atoms with E-state index in [9.17, 15) is 19.5 Å². The molecule has 2 rings (SSSR count). The van der Waals surface area contributed by atoms with E-state index in [1.54, 1.807) is 39.0 Å². The summed E-state index contributed by atoms with van der Waals surface area (Å²) in [6, 6.07) is 11.6. The molecule has 0 bridgehead atoms. The van der Waals surface area contributed by atoms with Crippen molar-refractivity contribution in [3.63, 3.8) is 0 Å². The molecule has 3 amide bonds. The van der Waals surface area contributed by atoms with Crippen LogP contribution in [-0.2, 0) is 20.7 Å². The molecule has 0 saturated carbocycles. The highest BCUT2D eigenvalue weighted by molar-refractivity contribution is 5.93. The number of carbonyl (C=O) groups is 3. The smallest absolute Gasteiger partial charge is 0.408 e. The normalized spacial score (nSPS) is 12.7. The van der Waals surface area contributed by atoms with Gasteiger partial charge in [0.2, 0.25) is 5.91 Å². The summed E-state index contributed by atoms with van der Waals surface area (Å²) in [5.41, 5.74) is 2.40. The molecule has 3 N–H and O–H groups in total. The first kappa shape index (κ1) is 29.2. The molecule has 37 heavy (non-hydrogen) atoms. The standard InChI is InChI=1S/C29H37N3O5/c1-9-32(25(26(34)30-18(2)3)22-13-10-19(4)20(5)16-22)27(35)24(31-28(36)37-29(6,7)8)17-21-11-14-23(33)15-12-21/h1,10-16,18,24-25,33H,17H2,2-8H3,(H,30,34)(H,31,36). The zero-order valence-electron chi connectivity index (χ0n) is 22.6. The summed E-state index contributed by atoms with van der Waals surface area (Å²) in [5.74, 6) is -1.02. The SMILES string of the molecule is C#CN(C(=O)C(Cc1ccc(O)cc1)NC(=O)OC(C)(C)C)C(C(=O)NC(C)C)c1ccc(C)c(C)c1. The van der Waals surface area contributed by atoms with Gasteiger partial charge in [-0.25, -0.2) is 4.79 Å². The van der Waals surface area contributed by atoms with E-state index in [-0.39, 0.29) is 18.2 Å². The summed E-state index contributed by atoms with van der Waals surface area (Å²) in [6.45, 7) is 12.6. The molecule has 0 aliphatic carbocycles. The van der Waals surface area contributed by atoms with Gasteiger partial charge in [0.15, 0.2) is 0 Å². The van der Waals surface area contributed by atoms with Crippen molar-refractivity contribution in [2.45, 2.75) is 78.6 Å². The Labute approximate surface area is 219 Å². The molecule has 2 aromatic rings. The number of aromatic hydroxyl groups is 1. The first-order valence-corrected chi connectivity index (χ1v) is 12.2. The Kier molecular flexibility index (Phi) is 9.73. The van der Waals surface area contributed by atoms with Gasteiger partial charge in [-0.2, -0.15) is 0 Å². The molecule has 0 saturated heterocycles. The minimum atomic E-state index is -1.14. The zero-order chi connectivity index (χ0) is 27.9. The maximum Gasteiger partial charge on any atom is 0.408 e. The van der Waals surface area contributed by atoms with Gasteiger partial charge in [-0.3, -0.25) is 14.5 Å². The van der Waals surface area contributed by atoms with Crippen LogP contribution >= 0.6 is 0 Å². The number of phenols is 1. The van der Waals surface area contributed by atoms with E-state index in [0.717, 1.165) is 16.0 Å².